The molecule has 2 aliphatic rings. The van der Waals surface area contributed by atoms with E-state index >= 15 is 0 Å². The summed E-state index contributed by atoms with van der Waals surface area (Å²) in [5.41, 5.74) is 3.64. The van der Waals surface area contributed by atoms with Crippen molar-refractivity contribution >= 4 is 39.9 Å². The first-order valence-electron chi connectivity index (χ1n) is 11.4. The van der Waals surface area contributed by atoms with E-state index in [1.807, 2.05) is 48.5 Å². The molecule has 2 saturated heterocycles. The van der Waals surface area contributed by atoms with Crippen LogP contribution >= 0.6 is 39.9 Å². The number of benzene rings is 2. The molecule has 2 aliphatic heterocycles. The third-order valence-electron chi connectivity index (χ3n) is 5.68. The highest BCUT2D eigenvalue weighted by atomic mass is 127. The summed E-state index contributed by atoms with van der Waals surface area (Å²) < 4.78 is 0. The molecule has 0 unspecified atom stereocenters. The van der Waals surface area contributed by atoms with Gasteiger partial charge in [-0.3, -0.25) is 4.90 Å². The zero-order valence-electron chi connectivity index (χ0n) is 19.4. The zero-order chi connectivity index (χ0) is 23.9. The fourth-order valence-corrected chi connectivity index (χ4v) is 4.13. The molecule has 2 heterocycles. The zero-order valence-corrected chi connectivity index (χ0v) is 23.3. The first-order chi connectivity index (χ1) is 16.1. The Morgan fingerprint density at radius 3 is 1.74 bits per heavy atom. The lowest BCUT2D eigenvalue weighted by Gasteiger charge is -2.29. The molecular formula is C26H34BrIN4O2. The van der Waals surface area contributed by atoms with Gasteiger partial charge >= 0.3 is 0 Å². The Hall–Kier alpha value is -1.53. The Bertz CT molecular complexity index is 918. The molecule has 184 valence electrons. The summed E-state index contributed by atoms with van der Waals surface area (Å²) in [5.74, 6) is 0. The summed E-state index contributed by atoms with van der Waals surface area (Å²) in [6.45, 7) is 4.63. The topological polar surface area (TPSA) is 103 Å². The van der Waals surface area contributed by atoms with Crippen LogP contribution in [-0.2, 0) is 11.9 Å². The summed E-state index contributed by atoms with van der Waals surface area (Å²) in [4.78, 5) is 2.29. The van der Waals surface area contributed by atoms with E-state index in [1.54, 1.807) is 0 Å². The number of nitrogens with one attached hydrogen (secondary N) is 1. The quantitative estimate of drug-likeness (QED) is 0.341. The van der Waals surface area contributed by atoms with E-state index in [2.05, 4.69) is 38.3 Å². The summed E-state index contributed by atoms with van der Waals surface area (Å²) >= 11 is 3.30. The Morgan fingerprint density at radius 1 is 0.824 bits per heavy atom. The lowest BCUT2D eigenvalue weighted by Crippen LogP contribution is -2.35. The largest absolute Gasteiger partial charge is 0.393 e. The van der Waals surface area contributed by atoms with Gasteiger partial charge in [0.25, 0.3) is 0 Å². The number of alkyl halides is 1. The number of aliphatic hydroxyl groups excluding tert-OH is 2. The van der Waals surface area contributed by atoms with Gasteiger partial charge in [-0.05, 0) is 62.0 Å². The van der Waals surface area contributed by atoms with Gasteiger partial charge in [-0.15, -0.1) is 24.0 Å². The number of hydrogen-bond donors (Lipinski definition) is 3. The normalized spacial score (nSPS) is 16.4. The van der Waals surface area contributed by atoms with Gasteiger partial charge < -0.3 is 15.5 Å². The highest BCUT2D eigenvalue weighted by Crippen LogP contribution is 2.16. The molecule has 34 heavy (non-hydrogen) atoms. The van der Waals surface area contributed by atoms with Crippen LogP contribution in [0.25, 0.3) is 0 Å². The molecule has 0 atom stereocenters. The predicted molar refractivity (Wildman–Crippen MR) is 149 cm³/mol. The van der Waals surface area contributed by atoms with Crippen LogP contribution in [0, 0.1) is 22.7 Å². The van der Waals surface area contributed by atoms with Crippen LogP contribution in [-0.4, -0.2) is 53.5 Å². The predicted octanol–water partition coefficient (Wildman–Crippen LogP) is 4.32. The molecule has 8 heteroatoms. The van der Waals surface area contributed by atoms with E-state index < -0.39 is 0 Å². The number of rotatable bonds is 3. The maximum atomic E-state index is 9.41. The van der Waals surface area contributed by atoms with Gasteiger partial charge in [0.15, 0.2) is 0 Å². The minimum Gasteiger partial charge on any atom is -0.393 e. The van der Waals surface area contributed by atoms with Crippen LogP contribution in [0.1, 0.15) is 47.9 Å². The van der Waals surface area contributed by atoms with Crippen LogP contribution in [0.2, 0.25) is 0 Å². The SMILES string of the molecule is I.N#Cc1ccccc1CBr.N#Cc1ccccc1CN1CCC(O)CC1.OC1CCNCC1. The molecule has 4 rings (SSSR count). The summed E-state index contributed by atoms with van der Waals surface area (Å²) in [5, 5.41) is 39.7. The van der Waals surface area contributed by atoms with Crippen molar-refractivity contribution in [2.45, 2.75) is 49.8 Å². The minimum atomic E-state index is -0.137. The monoisotopic (exact) mass is 640 g/mol. The van der Waals surface area contributed by atoms with E-state index in [1.165, 1.54) is 0 Å². The smallest absolute Gasteiger partial charge is 0.0995 e. The molecule has 2 fully saturated rings. The van der Waals surface area contributed by atoms with Crippen molar-refractivity contribution in [2.75, 3.05) is 26.2 Å². The second kappa shape index (κ2) is 17.8. The van der Waals surface area contributed by atoms with Crippen molar-refractivity contribution in [1.82, 2.24) is 10.2 Å². The minimum absolute atomic E-state index is 0. The van der Waals surface area contributed by atoms with Crippen molar-refractivity contribution in [2.24, 2.45) is 0 Å². The van der Waals surface area contributed by atoms with Crippen molar-refractivity contribution in [1.29, 1.82) is 10.5 Å². The van der Waals surface area contributed by atoms with E-state index in [4.69, 9.17) is 15.6 Å². The fourth-order valence-electron chi connectivity index (χ4n) is 3.64. The summed E-state index contributed by atoms with van der Waals surface area (Å²) in [7, 11) is 0. The van der Waals surface area contributed by atoms with Gasteiger partial charge in [-0.1, -0.05) is 52.3 Å². The van der Waals surface area contributed by atoms with Crippen LogP contribution in [0.3, 0.4) is 0 Å². The van der Waals surface area contributed by atoms with E-state index in [0.29, 0.717) is 0 Å². The molecule has 0 amide bonds. The van der Waals surface area contributed by atoms with E-state index in [0.717, 1.165) is 86.0 Å². The summed E-state index contributed by atoms with van der Waals surface area (Å²) in [6, 6.07) is 19.6. The first-order valence-corrected chi connectivity index (χ1v) is 12.5. The number of piperidine rings is 2. The maximum absolute atomic E-state index is 9.41. The average Bonchev–Trinajstić information content (AvgIpc) is 2.87. The average molecular weight is 641 g/mol. The molecule has 6 nitrogen and oxygen atoms in total. The van der Waals surface area contributed by atoms with Crippen molar-refractivity contribution < 1.29 is 10.2 Å². The van der Waals surface area contributed by atoms with Crippen molar-refractivity contribution in [3.63, 3.8) is 0 Å². The molecule has 2 aromatic carbocycles. The molecule has 0 bridgehead atoms. The number of aliphatic hydroxyl groups is 2. The number of likely N-dealkylation sites (tertiary alicyclic amines) is 1. The van der Waals surface area contributed by atoms with E-state index in [9.17, 15) is 5.11 Å². The lowest BCUT2D eigenvalue weighted by molar-refractivity contribution is 0.0792. The number of nitriles is 2. The van der Waals surface area contributed by atoms with Crippen LogP contribution in [0.5, 0.6) is 0 Å². The van der Waals surface area contributed by atoms with Gasteiger partial charge in [0.1, 0.15) is 0 Å². The lowest BCUT2D eigenvalue weighted by atomic mass is 10.0. The number of hydrogen-bond acceptors (Lipinski definition) is 6. The Morgan fingerprint density at radius 2 is 1.29 bits per heavy atom. The standard InChI is InChI=1S/C13H16N2O.C8H6BrN.C5H11NO.HI/c14-9-11-3-1-2-4-12(11)10-15-7-5-13(16)6-8-15;9-5-7-3-1-2-4-8(7)6-10;7-5-1-3-6-4-2-5;/h1-4,13,16H,5-8,10H2;1-4H,5H2;5-7H,1-4H2;1H. The second-order valence-electron chi connectivity index (χ2n) is 8.16. The molecule has 0 spiro atoms. The molecule has 0 aliphatic carbocycles. The van der Waals surface area contributed by atoms with Crippen LogP contribution in [0.15, 0.2) is 48.5 Å². The number of nitrogens with zero attached hydrogens (tertiary/aromatic N) is 3. The Labute approximate surface area is 228 Å². The van der Waals surface area contributed by atoms with Gasteiger partial charge in [-0.25, -0.2) is 0 Å². The van der Waals surface area contributed by atoms with Gasteiger partial charge in [0, 0.05) is 25.0 Å². The molecule has 0 radical (unpaired) electrons. The fraction of sp³-hybridized carbons (Fsp3) is 0.462. The molecule has 2 aromatic rings. The Balaban J connectivity index is 0.000000275. The maximum Gasteiger partial charge on any atom is 0.0995 e. The molecule has 3 N–H and O–H groups in total. The Kier molecular flexibility index (Phi) is 16.0. The molecule has 0 saturated carbocycles. The molecule has 0 aromatic heterocycles. The van der Waals surface area contributed by atoms with Gasteiger partial charge in [0.2, 0.25) is 0 Å². The van der Waals surface area contributed by atoms with Crippen LogP contribution < -0.4 is 5.32 Å². The second-order valence-corrected chi connectivity index (χ2v) is 8.72. The highest BCUT2D eigenvalue weighted by molar-refractivity contribution is 14.0. The summed E-state index contributed by atoms with van der Waals surface area (Å²) in [6.07, 6.45) is 3.38. The first kappa shape index (κ1) is 30.5. The van der Waals surface area contributed by atoms with Crippen molar-refractivity contribution in [3.8, 4) is 12.1 Å². The highest BCUT2D eigenvalue weighted by Gasteiger charge is 2.17. The third-order valence-corrected chi connectivity index (χ3v) is 6.28. The van der Waals surface area contributed by atoms with Gasteiger partial charge in [-0.2, -0.15) is 10.5 Å². The van der Waals surface area contributed by atoms with Crippen molar-refractivity contribution in [3.05, 3.63) is 70.8 Å². The number of halogens is 2. The van der Waals surface area contributed by atoms with Crippen LogP contribution in [0.4, 0.5) is 0 Å². The third kappa shape index (κ3) is 11.3. The molecular weight excluding hydrogens is 607 g/mol. The van der Waals surface area contributed by atoms with Gasteiger partial charge in [0.05, 0.1) is 35.5 Å². The van der Waals surface area contributed by atoms with E-state index in [-0.39, 0.29) is 36.2 Å².